The average Bonchev–Trinajstić information content (AvgIpc) is 2.49. The summed E-state index contributed by atoms with van der Waals surface area (Å²) in [6.07, 6.45) is -1.19. The normalized spacial score (nSPS) is 10.7. The molecule has 3 nitrogen and oxygen atoms in total. The predicted octanol–water partition coefficient (Wildman–Crippen LogP) is 4.07. The fourth-order valence-electron chi connectivity index (χ4n) is 1.86. The molecule has 108 valence electrons. The van der Waals surface area contributed by atoms with Gasteiger partial charge in [0.2, 0.25) is 0 Å². The number of carbonyl (C=O) groups excluding carboxylic acids is 2. The Kier molecular flexibility index (Phi) is 5.12. The van der Waals surface area contributed by atoms with E-state index in [1.54, 1.807) is 48.5 Å². The molecule has 0 unspecified atom stereocenters. The van der Waals surface area contributed by atoms with Gasteiger partial charge in [-0.15, -0.1) is 0 Å². The zero-order valence-electron chi connectivity index (χ0n) is 11.2. The summed E-state index contributed by atoms with van der Waals surface area (Å²) in [5.41, 5.74) is 0.738. The molecule has 0 N–H and O–H groups in total. The van der Waals surface area contributed by atoms with E-state index in [2.05, 4.69) is 0 Å². The molecular weight excluding hydrogens is 311 g/mol. The molecule has 0 saturated heterocycles. The number of halogens is 2. The van der Waals surface area contributed by atoms with Crippen molar-refractivity contribution < 1.29 is 14.3 Å². The van der Waals surface area contributed by atoms with E-state index < -0.39 is 17.7 Å². The minimum absolute atomic E-state index is 0.369. The first kappa shape index (κ1) is 15.7. The fourth-order valence-corrected chi connectivity index (χ4v) is 2.12. The van der Waals surface area contributed by atoms with E-state index in [0.29, 0.717) is 21.2 Å². The molecule has 0 heterocycles. The van der Waals surface area contributed by atoms with Gasteiger partial charge in [0, 0.05) is 28.3 Å². The zero-order valence-corrected chi connectivity index (χ0v) is 12.7. The van der Waals surface area contributed by atoms with E-state index in [-0.39, 0.29) is 0 Å². The van der Waals surface area contributed by atoms with Gasteiger partial charge in [-0.3, -0.25) is 9.59 Å². The second-order valence-corrected chi connectivity index (χ2v) is 5.23. The number of Topliss-reactive ketones (excluding diaryl/α,β-unsaturated/α-hetero) is 2. The SMILES string of the molecule is COC(C(=O)c1ccc(Cl)cc1)C(=O)c1ccc(Cl)cc1. The van der Waals surface area contributed by atoms with Crippen LogP contribution in [0.25, 0.3) is 0 Å². The van der Waals surface area contributed by atoms with Gasteiger partial charge in [-0.05, 0) is 48.5 Å². The van der Waals surface area contributed by atoms with Gasteiger partial charge in [-0.1, -0.05) is 23.2 Å². The number of carbonyl (C=O) groups is 2. The third-order valence-corrected chi connectivity index (χ3v) is 3.47. The summed E-state index contributed by atoms with van der Waals surface area (Å²) in [6.45, 7) is 0. The second-order valence-electron chi connectivity index (χ2n) is 4.36. The molecule has 0 fully saturated rings. The lowest BCUT2D eigenvalue weighted by Crippen LogP contribution is -2.32. The van der Waals surface area contributed by atoms with E-state index in [1.165, 1.54) is 7.11 Å². The van der Waals surface area contributed by atoms with Crippen molar-refractivity contribution in [1.82, 2.24) is 0 Å². The average molecular weight is 323 g/mol. The molecule has 0 aliphatic heterocycles. The quantitative estimate of drug-likeness (QED) is 0.615. The largest absolute Gasteiger partial charge is 0.365 e. The van der Waals surface area contributed by atoms with Crippen LogP contribution >= 0.6 is 23.2 Å². The van der Waals surface area contributed by atoms with E-state index in [9.17, 15) is 9.59 Å². The van der Waals surface area contributed by atoms with Crippen LogP contribution in [0.4, 0.5) is 0 Å². The van der Waals surface area contributed by atoms with Crippen molar-refractivity contribution in [2.75, 3.05) is 7.11 Å². The summed E-state index contributed by atoms with van der Waals surface area (Å²) in [7, 11) is 1.33. The van der Waals surface area contributed by atoms with Crippen molar-refractivity contribution in [3.05, 3.63) is 69.7 Å². The Morgan fingerprint density at radius 2 is 1.14 bits per heavy atom. The van der Waals surface area contributed by atoms with Crippen molar-refractivity contribution in [3.8, 4) is 0 Å². The van der Waals surface area contributed by atoms with E-state index in [4.69, 9.17) is 27.9 Å². The van der Waals surface area contributed by atoms with Crippen LogP contribution in [-0.2, 0) is 4.74 Å². The maximum atomic E-state index is 12.4. The lowest BCUT2D eigenvalue weighted by Gasteiger charge is -2.13. The van der Waals surface area contributed by atoms with Crippen LogP contribution in [0.5, 0.6) is 0 Å². The molecule has 0 radical (unpaired) electrons. The molecule has 21 heavy (non-hydrogen) atoms. The Balaban J connectivity index is 2.26. The summed E-state index contributed by atoms with van der Waals surface area (Å²) >= 11 is 11.6. The maximum absolute atomic E-state index is 12.4. The van der Waals surface area contributed by atoms with Crippen LogP contribution < -0.4 is 0 Å². The maximum Gasteiger partial charge on any atom is 0.199 e. The Labute approximate surface area is 132 Å². The molecule has 0 amide bonds. The monoisotopic (exact) mass is 322 g/mol. The van der Waals surface area contributed by atoms with Crippen molar-refractivity contribution >= 4 is 34.8 Å². The van der Waals surface area contributed by atoms with Crippen molar-refractivity contribution in [2.45, 2.75) is 6.10 Å². The van der Waals surface area contributed by atoms with Gasteiger partial charge in [-0.2, -0.15) is 0 Å². The summed E-state index contributed by atoms with van der Waals surface area (Å²) in [5, 5.41) is 1.04. The minimum Gasteiger partial charge on any atom is -0.365 e. The van der Waals surface area contributed by atoms with Gasteiger partial charge in [0.05, 0.1) is 0 Å². The molecule has 0 aliphatic rings. The number of hydrogen-bond acceptors (Lipinski definition) is 3. The van der Waals surface area contributed by atoms with Crippen molar-refractivity contribution in [1.29, 1.82) is 0 Å². The van der Waals surface area contributed by atoms with Crippen LogP contribution in [0.15, 0.2) is 48.5 Å². The highest BCUT2D eigenvalue weighted by atomic mass is 35.5. The summed E-state index contributed by atoms with van der Waals surface area (Å²) in [6, 6.07) is 12.6. The van der Waals surface area contributed by atoms with Crippen LogP contribution in [-0.4, -0.2) is 24.8 Å². The standard InChI is InChI=1S/C16H12Cl2O3/c1-21-16(14(19)10-2-6-12(17)7-3-10)15(20)11-4-8-13(18)9-5-11/h2-9,16H,1H3. The molecule has 0 spiro atoms. The van der Waals surface area contributed by atoms with Crippen molar-refractivity contribution in [2.24, 2.45) is 0 Å². The molecule has 2 aromatic rings. The molecule has 0 saturated carbocycles. The molecule has 2 aromatic carbocycles. The molecule has 0 aliphatic carbocycles. The van der Waals surface area contributed by atoms with Gasteiger partial charge < -0.3 is 4.74 Å². The highest BCUT2D eigenvalue weighted by Gasteiger charge is 2.28. The van der Waals surface area contributed by atoms with Gasteiger partial charge in [0.25, 0.3) is 0 Å². The number of hydrogen-bond donors (Lipinski definition) is 0. The number of ketones is 2. The number of methoxy groups -OCH3 is 1. The summed E-state index contributed by atoms with van der Waals surface area (Å²) < 4.78 is 5.08. The first-order valence-electron chi connectivity index (χ1n) is 6.15. The zero-order chi connectivity index (χ0) is 15.4. The number of benzene rings is 2. The fraction of sp³-hybridized carbons (Fsp3) is 0.125. The van der Waals surface area contributed by atoms with Crippen LogP contribution in [0, 0.1) is 0 Å². The first-order valence-corrected chi connectivity index (χ1v) is 6.91. The number of ether oxygens (including phenoxy) is 1. The van der Waals surface area contributed by atoms with Gasteiger partial charge >= 0.3 is 0 Å². The molecule has 0 bridgehead atoms. The lowest BCUT2D eigenvalue weighted by molar-refractivity contribution is 0.0513. The highest BCUT2D eigenvalue weighted by Crippen LogP contribution is 2.16. The molecule has 2 rings (SSSR count). The summed E-state index contributed by atoms with van der Waals surface area (Å²) in [4.78, 5) is 24.7. The Hall–Kier alpha value is -1.68. The van der Waals surface area contributed by atoms with Gasteiger partial charge in [0.15, 0.2) is 17.7 Å². The molecular formula is C16H12Cl2O3. The minimum atomic E-state index is -1.19. The van der Waals surface area contributed by atoms with E-state index >= 15 is 0 Å². The van der Waals surface area contributed by atoms with Crippen molar-refractivity contribution in [3.63, 3.8) is 0 Å². The third kappa shape index (κ3) is 3.70. The summed E-state index contributed by atoms with van der Waals surface area (Å²) in [5.74, 6) is -0.816. The Bertz CT molecular complexity index is 591. The van der Waals surface area contributed by atoms with E-state index in [1.807, 2.05) is 0 Å². The van der Waals surface area contributed by atoms with Crippen LogP contribution in [0.2, 0.25) is 10.0 Å². The molecule has 0 aromatic heterocycles. The molecule has 0 atom stereocenters. The van der Waals surface area contributed by atoms with Crippen LogP contribution in [0.1, 0.15) is 20.7 Å². The predicted molar refractivity (Wildman–Crippen MR) is 82.4 cm³/mol. The highest BCUT2D eigenvalue weighted by molar-refractivity contribution is 6.31. The topological polar surface area (TPSA) is 43.4 Å². The van der Waals surface area contributed by atoms with Gasteiger partial charge in [-0.25, -0.2) is 0 Å². The smallest absolute Gasteiger partial charge is 0.199 e. The van der Waals surface area contributed by atoms with Gasteiger partial charge in [0.1, 0.15) is 0 Å². The Morgan fingerprint density at radius 1 is 0.810 bits per heavy atom. The first-order chi connectivity index (χ1) is 10.0. The number of rotatable bonds is 5. The van der Waals surface area contributed by atoms with E-state index in [0.717, 1.165) is 0 Å². The third-order valence-electron chi connectivity index (χ3n) is 2.97. The Morgan fingerprint density at radius 3 is 1.43 bits per heavy atom. The lowest BCUT2D eigenvalue weighted by atomic mass is 9.98. The van der Waals surface area contributed by atoms with Crippen LogP contribution in [0.3, 0.4) is 0 Å². The second kappa shape index (κ2) is 6.85. The molecule has 5 heteroatoms.